The lowest BCUT2D eigenvalue weighted by Crippen LogP contribution is -2.29. The number of hydrogen-bond donors (Lipinski definition) is 2. The topological polar surface area (TPSA) is 58.6 Å². The van der Waals surface area contributed by atoms with Crippen LogP contribution in [0.15, 0.2) is 18.2 Å². The number of amides is 1. The number of nitrogens with one attached hydrogen (secondary N) is 1. The molecule has 100 valence electrons. The lowest BCUT2D eigenvalue weighted by molar-refractivity contribution is -0.123. The maximum Gasteiger partial charge on any atom is 0.257 e. The second kappa shape index (κ2) is 7.95. The molecule has 0 spiro atoms. The molecule has 0 aliphatic heterocycles. The molecular weight excluding hydrogens is 254 g/mol. The van der Waals surface area contributed by atoms with E-state index < -0.39 is 0 Å². The van der Waals surface area contributed by atoms with E-state index in [4.69, 9.17) is 16.3 Å². The summed E-state index contributed by atoms with van der Waals surface area (Å²) in [6.45, 7) is 2.42. The second-order valence-corrected chi connectivity index (χ2v) is 4.27. The summed E-state index contributed by atoms with van der Waals surface area (Å²) in [5.41, 5.74) is 0.500. The summed E-state index contributed by atoms with van der Waals surface area (Å²) in [6, 6.07) is 5.06. The maximum atomic E-state index is 11.4. The highest BCUT2D eigenvalue weighted by molar-refractivity contribution is 6.31. The molecule has 0 heterocycles. The van der Waals surface area contributed by atoms with Crippen LogP contribution in [0.2, 0.25) is 5.02 Å². The van der Waals surface area contributed by atoms with Gasteiger partial charge in [0.1, 0.15) is 5.75 Å². The standard InChI is InChI=1S/C13H18ClNO3/c1-2-3-7-15-13(17)9-18-12-6-4-5-11(14)10(12)8-16/h4-6,16H,2-3,7-9H2,1H3,(H,15,17). The van der Waals surface area contributed by atoms with Gasteiger partial charge in [-0.1, -0.05) is 31.0 Å². The highest BCUT2D eigenvalue weighted by atomic mass is 35.5. The van der Waals surface area contributed by atoms with E-state index in [1.165, 1.54) is 0 Å². The minimum Gasteiger partial charge on any atom is -0.483 e. The molecule has 1 rings (SSSR count). The molecule has 1 aromatic carbocycles. The van der Waals surface area contributed by atoms with Crippen molar-refractivity contribution in [3.63, 3.8) is 0 Å². The van der Waals surface area contributed by atoms with Crippen molar-refractivity contribution < 1.29 is 14.6 Å². The Morgan fingerprint density at radius 3 is 2.94 bits per heavy atom. The molecule has 2 N–H and O–H groups in total. The molecule has 0 saturated carbocycles. The van der Waals surface area contributed by atoms with Crippen LogP contribution in [0.4, 0.5) is 0 Å². The van der Waals surface area contributed by atoms with Crippen LogP contribution in [0.1, 0.15) is 25.3 Å². The number of ether oxygens (including phenoxy) is 1. The normalized spacial score (nSPS) is 10.2. The zero-order valence-corrected chi connectivity index (χ0v) is 11.2. The number of carbonyl (C=O) groups is 1. The first kappa shape index (κ1) is 14.8. The molecule has 4 nitrogen and oxygen atoms in total. The predicted octanol–water partition coefficient (Wildman–Crippen LogP) is 2.13. The van der Waals surface area contributed by atoms with Crippen molar-refractivity contribution in [3.8, 4) is 5.75 Å². The fourth-order valence-electron chi connectivity index (χ4n) is 1.43. The summed E-state index contributed by atoms with van der Waals surface area (Å²) in [5.74, 6) is 0.267. The first-order valence-electron chi connectivity index (χ1n) is 5.96. The van der Waals surface area contributed by atoms with Crippen LogP contribution in [-0.2, 0) is 11.4 Å². The minimum absolute atomic E-state index is 0.0724. The number of benzene rings is 1. The Morgan fingerprint density at radius 2 is 2.28 bits per heavy atom. The van der Waals surface area contributed by atoms with Crippen LogP contribution in [0.5, 0.6) is 5.75 Å². The second-order valence-electron chi connectivity index (χ2n) is 3.87. The largest absolute Gasteiger partial charge is 0.483 e. The number of carbonyl (C=O) groups excluding carboxylic acids is 1. The molecule has 5 heteroatoms. The summed E-state index contributed by atoms with van der Waals surface area (Å²) in [4.78, 5) is 11.4. The van der Waals surface area contributed by atoms with Gasteiger partial charge in [0.15, 0.2) is 6.61 Å². The molecule has 0 unspecified atom stereocenters. The smallest absolute Gasteiger partial charge is 0.257 e. The number of rotatable bonds is 7. The quantitative estimate of drug-likeness (QED) is 0.747. The monoisotopic (exact) mass is 271 g/mol. The predicted molar refractivity (Wildman–Crippen MR) is 70.8 cm³/mol. The van der Waals surface area contributed by atoms with Crippen LogP contribution < -0.4 is 10.1 Å². The number of hydrogen-bond acceptors (Lipinski definition) is 3. The van der Waals surface area contributed by atoms with E-state index in [0.717, 1.165) is 12.8 Å². The SMILES string of the molecule is CCCCNC(=O)COc1cccc(Cl)c1CO. The van der Waals surface area contributed by atoms with Gasteiger partial charge >= 0.3 is 0 Å². The van der Waals surface area contributed by atoms with E-state index in [-0.39, 0.29) is 19.1 Å². The third-order valence-corrected chi connectivity index (χ3v) is 2.80. The lowest BCUT2D eigenvalue weighted by Gasteiger charge is -2.11. The van der Waals surface area contributed by atoms with E-state index in [1.54, 1.807) is 18.2 Å². The molecule has 18 heavy (non-hydrogen) atoms. The molecule has 0 saturated heterocycles. The van der Waals surface area contributed by atoms with Gasteiger partial charge in [-0.05, 0) is 18.6 Å². The zero-order valence-electron chi connectivity index (χ0n) is 10.4. The summed E-state index contributed by atoms with van der Waals surface area (Å²) in [7, 11) is 0. The van der Waals surface area contributed by atoms with Gasteiger partial charge in [0.25, 0.3) is 5.91 Å². The number of aliphatic hydroxyl groups excluding tert-OH is 1. The molecule has 1 amide bonds. The molecule has 1 aromatic rings. The van der Waals surface area contributed by atoms with Crippen molar-refractivity contribution in [3.05, 3.63) is 28.8 Å². The summed E-state index contributed by atoms with van der Waals surface area (Å²) in [5, 5.41) is 12.4. The van der Waals surface area contributed by atoms with Gasteiger partial charge in [-0.15, -0.1) is 0 Å². The van der Waals surface area contributed by atoms with Gasteiger partial charge < -0.3 is 15.2 Å². The van der Waals surface area contributed by atoms with E-state index in [9.17, 15) is 9.90 Å². The lowest BCUT2D eigenvalue weighted by atomic mass is 10.2. The maximum absolute atomic E-state index is 11.4. The molecule has 0 fully saturated rings. The number of unbranched alkanes of at least 4 members (excludes halogenated alkanes) is 1. The average Bonchev–Trinajstić information content (AvgIpc) is 2.36. The van der Waals surface area contributed by atoms with Crippen LogP contribution in [0, 0.1) is 0 Å². The van der Waals surface area contributed by atoms with Crippen molar-refractivity contribution in [2.24, 2.45) is 0 Å². The van der Waals surface area contributed by atoms with Crippen LogP contribution in [-0.4, -0.2) is 24.2 Å². The number of halogens is 1. The van der Waals surface area contributed by atoms with Gasteiger partial charge in [0.05, 0.1) is 6.61 Å². The van der Waals surface area contributed by atoms with Gasteiger partial charge in [-0.3, -0.25) is 4.79 Å². The zero-order chi connectivity index (χ0) is 13.4. The molecule has 0 aromatic heterocycles. The molecule has 0 radical (unpaired) electrons. The van der Waals surface area contributed by atoms with E-state index in [0.29, 0.717) is 22.9 Å². The molecule has 0 aliphatic rings. The van der Waals surface area contributed by atoms with E-state index in [2.05, 4.69) is 12.2 Å². The molecule has 0 bridgehead atoms. The van der Waals surface area contributed by atoms with Gasteiger partial charge in [-0.25, -0.2) is 0 Å². The Kier molecular flexibility index (Phi) is 6.54. The Hall–Kier alpha value is -1.26. The fraction of sp³-hybridized carbons (Fsp3) is 0.462. The fourth-order valence-corrected chi connectivity index (χ4v) is 1.65. The van der Waals surface area contributed by atoms with Crippen molar-refractivity contribution in [2.75, 3.05) is 13.2 Å². The molecule has 0 atom stereocenters. The van der Waals surface area contributed by atoms with Gasteiger partial charge in [0, 0.05) is 17.1 Å². The summed E-state index contributed by atoms with van der Waals surface area (Å²) < 4.78 is 5.34. The van der Waals surface area contributed by atoms with E-state index in [1.807, 2.05) is 0 Å². The third kappa shape index (κ3) is 4.55. The van der Waals surface area contributed by atoms with Crippen molar-refractivity contribution in [1.29, 1.82) is 0 Å². The number of aliphatic hydroxyl groups is 1. The summed E-state index contributed by atoms with van der Waals surface area (Å²) >= 11 is 5.91. The Balaban J connectivity index is 2.48. The highest BCUT2D eigenvalue weighted by Crippen LogP contribution is 2.26. The Bertz CT molecular complexity index is 396. The average molecular weight is 272 g/mol. The molecule has 0 aliphatic carbocycles. The van der Waals surface area contributed by atoms with Crippen molar-refractivity contribution >= 4 is 17.5 Å². The summed E-state index contributed by atoms with van der Waals surface area (Å²) in [6.07, 6.45) is 1.98. The molecular formula is C13H18ClNO3. The third-order valence-electron chi connectivity index (χ3n) is 2.45. The van der Waals surface area contributed by atoms with Crippen LogP contribution >= 0.6 is 11.6 Å². The minimum atomic E-state index is -0.216. The van der Waals surface area contributed by atoms with Gasteiger partial charge in [0.2, 0.25) is 0 Å². The van der Waals surface area contributed by atoms with Crippen LogP contribution in [0.25, 0.3) is 0 Å². The Morgan fingerprint density at radius 1 is 1.50 bits per heavy atom. The highest BCUT2D eigenvalue weighted by Gasteiger charge is 2.08. The van der Waals surface area contributed by atoms with Gasteiger partial charge in [-0.2, -0.15) is 0 Å². The first-order chi connectivity index (χ1) is 8.69. The Labute approximate surface area is 112 Å². The van der Waals surface area contributed by atoms with Crippen molar-refractivity contribution in [1.82, 2.24) is 5.32 Å². The van der Waals surface area contributed by atoms with E-state index >= 15 is 0 Å². The first-order valence-corrected chi connectivity index (χ1v) is 6.34. The van der Waals surface area contributed by atoms with Crippen LogP contribution in [0.3, 0.4) is 0 Å². The van der Waals surface area contributed by atoms with Crippen molar-refractivity contribution in [2.45, 2.75) is 26.4 Å².